The molecule has 2 rings (SSSR count). The average Bonchev–Trinajstić information content (AvgIpc) is 2.49. The second-order valence-corrected chi connectivity index (χ2v) is 4.42. The fourth-order valence-electron chi connectivity index (χ4n) is 1.99. The van der Waals surface area contributed by atoms with Crippen molar-refractivity contribution in [3.63, 3.8) is 0 Å². The van der Waals surface area contributed by atoms with E-state index in [1.54, 1.807) is 6.07 Å². The van der Waals surface area contributed by atoms with Gasteiger partial charge < -0.3 is 14.8 Å². The summed E-state index contributed by atoms with van der Waals surface area (Å²) in [6.07, 6.45) is 3.42. The Morgan fingerprint density at radius 2 is 2.38 bits per heavy atom. The number of nitrogens with zero attached hydrogens (tertiary/aromatic N) is 2. The number of carbonyl (C=O) groups is 1. The number of piperidine rings is 1. The molecule has 8 heteroatoms. The fraction of sp³-hybridized carbons (Fsp3) is 0.385. The lowest BCUT2D eigenvalue weighted by molar-refractivity contribution is -0.404. The monoisotopic (exact) mass is 293 g/mol. The van der Waals surface area contributed by atoms with Gasteiger partial charge in [-0.3, -0.25) is 10.1 Å². The minimum absolute atomic E-state index is 0.174. The molecule has 0 radical (unpaired) electrons. The standard InChI is InChI=1S/C13H15N3O5/c1-20-13(17)10-5-4-9(7-15-10)21-12-3-2-6-14-11(12)8-16(18)19/h4-5,7-8,12,14H,2-3,6H2,1H3/b11-8-. The first kappa shape index (κ1) is 14.8. The summed E-state index contributed by atoms with van der Waals surface area (Å²) in [5, 5.41) is 13.5. The van der Waals surface area contributed by atoms with Gasteiger partial charge in [0.1, 0.15) is 23.2 Å². The van der Waals surface area contributed by atoms with Crippen molar-refractivity contribution in [3.05, 3.63) is 46.0 Å². The number of carbonyl (C=O) groups excluding carboxylic acids is 1. The first-order valence-electron chi connectivity index (χ1n) is 6.40. The van der Waals surface area contributed by atoms with E-state index in [1.807, 2.05) is 0 Å². The van der Waals surface area contributed by atoms with Crippen LogP contribution in [0, 0.1) is 10.1 Å². The van der Waals surface area contributed by atoms with Crippen LogP contribution < -0.4 is 10.1 Å². The maximum Gasteiger partial charge on any atom is 0.356 e. The highest BCUT2D eigenvalue weighted by atomic mass is 16.6. The van der Waals surface area contributed by atoms with Crippen LogP contribution in [0.25, 0.3) is 0 Å². The second kappa shape index (κ2) is 6.69. The molecule has 8 nitrogen and oxygen atoms in total. The Morgan fingerprint density at radius 1 is 1.57 bits per heavy atom. The first-order chi connectivity index (χ1) is 10.1. The van der Waals surface area contributed by atoms with Crippen LogP contribution in [0.2, 0.25) is 0 Å². The summed E-state index contributed by atoms with van der Waals surface area (Å²) in [4.78, 5) is 25.3. The van der Waals surface area contributed by atoms with E-state index in [4.69, 9.17) is 4.74 Å². The number of methoxy groups -OCH3 is 1. The number of nitro groups is 1. The van der Waals surface area contributed by atoms with Crippen molar-refractivity contribution < 1.29 is 19.2 Å². The van der Waals surface area contributed by atoms with Crippen molar-refractivity contribution in [3.8, 4) is 5.75 Å². The molecule has 0 saturated carbocycles. The van der Waals surface area contributed by atoms with Crippen molar-refractivity contribution >= 4 is 5.97 Å². The molecule has 1 aliphatic heterocycles. The largest absolute Gasteiger partial charge is 0.482 e. The molecular formula is C13H15N3O5. The zero-order chi connectivity index (χ0) is 15.2. The number of esters is 1. The molecule has 0 amide bonds. The Labute approximate surface area is 120 Å². The van der Waals surface area contributed by atoms with E-state index >= 15 is 0 Å². The molecule has 112 valence electrons. The molecular weight excluding hydrogens is 278 g/mol. The highest BCUT2D eigenvalue weighted by Crippen LogP contribution is 2.20. The highest BCUT2D eigenvalue weighted by molar-refractivity contribution is 5.87. The summed E-state index contributed by atoms with van der Waals surface area (Å²) in [6, 6.07) is 3.06. The Bertz CT molecular complexity index is 555. The van der Waals surface area contributed by atoms with Gasteiger partial charge in [0.25, 0.3) is 6.20 Å². The Hall–Kier alpha value is -2.64. The molecule has 21 heavy (non-hydrogen) atoms. The molecule has 1 N–H and O–H groups in total. The number of rotatable bonds is 4. The molecule has 1 saturated heterocycles. The molecule has 1 aromatic rings. The lowest BCUT2D eigenvalue weighted by Gasteiger charge is -2.25. The molecule has 1 atom stereocenters. The zero-order valence-electron chi connectivity index (χ0n) is 11.4. The van der Waals surface area contributed by atoms with Crippen LogP contribution in [0.4, 0.5) is 0 Å². The molecule has 0 bridgehead atoms. The van der Waals surface area contributed by atoms with Gasteiger partial charge in [0.2, 0.25) is 0 Å². The van der Waals surface area contributed by atoms with Crippen LogP contribution in [-0.2, 0) is 4.74 Å². The average molecular weight is 293 g/mol. The van der Waals surface area contributed by atoms with Gasteiger partial charge in [-0.25, -0.2) is 9.78 Å². The van der Waals surface area contributed by atoms with Crippen molar-refractivity contribution in [2.75, 3.05) is 13.7 Å². The number of ether oxygens (including phenoxy) is 2. The number of nitrogens with one attached hydrogen (secondary N) is 1. The Morgan fingerprint density at radius 3 is 3.00 bits per heavy atom. The number of hydrogen-bond donors (Lipinski definition) is 1. The first-order valence-corrected chi connectivity index (χ1v) is 6.40. The fourth-order valence-corrected chi connectivity index (χ4v) is 1.99. The molecule has 1 fully saturated rings. The van der Waals surface area contributed by atoms with Crippen LogP contribution in [0.15, 0.2) is 30.2 Å². The topological polar surface area (TPSA) is 104 Å². The molecule has 0 spiro atoms. The van der Waals surface area contributed by atoms with Gasteiger partial charge in [-0.15, -0.1) is 0 Å². The van der Waals surface area contributed by atoms with Gasteiger partial charge in [-0.05, 0) is 25.0 Å². The summed E-state index contributed by atoms with van der Waals surface area (Å²) in [7, 11) is 1.27. The molecule has 2 heterocycles. The Balaban J connectivity index is 2.09. The molecule has 0 aromatic carbocycles. The van der Waals surface area contributed by atoms with Crippen LogP contribution in [-0.4, -0.2) is 35.6 Å². The van der Waals surface area contributed by atoms with Crippen molar-refractivity contribution in [1.82, 2.24) is 10.3 Å². The van der Waals surface area contributed by atoms with Crippen molar-refractivity contribution in [1.29, 1.82) is 0 Å². The van der Waals surface area contributed by atoms with Gasteiger partial charge in [-0.1, -0.05) is 0 Å². The summed E-state index contributed by atoms with van der Waals surface area (Å²) in [6.45, 7) is 0.680. The predicted molar refractivity (Wildman–Crippen MR) is 72.3 cm³/mol. The van der Waals surface area contributed by atoms with E-state index in [9.17, 15) is 14.9 Å². The maximum absolute atomic E-state index is 11.3. The second-order valence-electron chi connectivity index (χ2n) is 4.42. The van der Waals surface area contributed by atoms with Crippen molar-refractivity contribution in [2.45, 2.75) is 18.9 Å². The lowest BCUT2D eigenvalue weighted by atomic mass is 10.1. The lowest BCUT2D eigenvalue weighted by Crippen LogP contribution is -2.35. The quantitative estimate of drug-likeness (QED) is 0.504. The van der Waals surface area contributed by atoms with E-state index in [2.05, 4.69) is 15.0 Å². The van der Waals surface area contributed by atoms with Crippen LogP contribution >= 0.6 is 0 Å². The summed E-state index contributed by atoms with van der Waals surface area (Å²) >= 11 is 0. The van der Waals surface area contributed by atoms with Gasteiger partial charge in [-0.2, -0.15) is 0 Å². The summed E-state index contributed by atoms with van der Waals surface area (Å²) in [5.41, 5.74) is 0.607. The van der Waals surface area contributed by atoms with E-state index < -0.39 is 17.0 Å². The predicted octanol–water partition coefficient (Wildman–Crippen LogP) is 1.12. The third-order valence-electron chi connectivity index (χ3n) is 2.97. The molecule has 1 aromatic heterocycles. The van der Waals surface area contributed by atoms with Crippen LogP contribution in [0.3, 0.4) is 0 Å². The van der Waals surface area contributed by atoms with Gasteiger partial charge in [0, 0.05) is 6.54 Å². The van der Waals surface area contributed by atoms with Gasteiger partial charge in [0.15, 0.2) is 0 Å². The number of pyridine rings is 1. The number of aromatic nitrogens is 1. The van der Waals surface area contributed by atoms with E-state index in [-0.39, 0.29) is 5.69 Å². The van der Waals surface area contributed by atoms with E-state index in [0.29, 0.717) is 24.4 Å². The van der Waals surface area contributed by atoms with Crippen molar-refractivity contribution in [2.24, 2.45) is 0 Å². The molecule has 1 unspecified atom stereocenters. The van der Waals surface area contributed by atoms with E-state index in [0.717, 1.165) is 12.6 Å². The number of hydrogen-bond acceptors (Lipinski definition) is 7. The third kappa shape index (κ3) is 3.91. The normalized spacial score (nSPS) is 19.7. The molecule has 0 aliphatic carbocycles. The summed E-state index contributed by atoms with van der Waals surface area (Å²) < 4.78 is 10.2. The zero-order valence-corrected chi connectivity index (χ0v) is 11.4. The van der Waals surface area contributed by atoms with Gasteiger partial charge in [0.05, 0.1) is 18.2 Å². The summed E-state index contributed by atoms with van der Waals surface area (Å²) in [5.74, 6) is -0.0968. The highest BCUT2D eigenvalue weighted by Gasteiger charge is 2.23. The van der Waals surface area contributed by atoms with Crippen LogP contribution in [0.1, 0.15) is 23.3 Å². The van der Waals surface area contributed by atoms with Crippen LogP contribution in [0.5, 0.6) is 5.75 Å². The maximum atomic E-state index is 11.3. The third-order valence-corrected chi connectivity index (χ3v) is 2.97. The SMILES string of the molecule is COC(=O)c1ccc(OC2CCCN/C2=C\[N+](=O)[O-])cn1. The van der Waals surface area contributed by atoms with Gasteiger partial charge >= 0.3 is 5.97 Å². The Kier molecular flexibility index (Phi) is 4.70. The molecule has 1 aliphatic rings. The minimum atomic E-state index is -0.533. The van der Waals surface area contributed by atoms with E-state index in [1.165, 1.54) is 19.4 Å². The minimum Gasteiger partial charge on any atom is -0.482 e. The smallest absolute Gasteiger partial charge is 0.356 e.